The van der Waals surface area contributed by atoms with Crippen LogP contribution >= 0.6 is 0 Å². The SMILES string of the molecule is [2H]C([2H])([2H])c1ccc(-c2nc3ccccc3n2-c2ccccc2-c2ccccc2)cc1. The maximum absolute atomic E-state index is 7.65. The van der Waals surface area contributed by atoms with E-state index in [1.807, 2.05) is 60.7 Å². The first-order valence-corrected chi connectivity index (χ1v) is 9.25. The molecule has 0 amide bonds. The summed E-state index contributed by atoms with van der Waals surface area (Å²) in [6, 6.07) is 33.6. The molecule has 28 heavy (non-hydrogen) atoms. The van der Waals surface area contributed by atoms with Gasteiger partial charge < -0.3 is 0 Å². The van der Waals surface area contributed by atoms with Crippen molar-refractivity contribution >= 4 is 11.0 Å². The minimum atomic E-state index is -2.13. The first kappa shape index (κ1) is 13.5. The highest BCUT2D eigenvalue weighted by atomic mass is 15.1. The molecule has 5 aromatic rings. The number of fused-ring (bicyclic) bond motifs is 1. The third-order valence-corrected chi connectivity index (χ3v) is 4.93. The lowest BCUT2D eigenvalue weighted by Crippen LogP contribution is -2.00. The summed E-state index contributed by atoms with van der Waals surface area (Å²) >= 11 is 0. The summed E-state index contributed by atoms with van der Waals surface area (Å²) < 4.78 is 25.1. The van der Waals surface area contributed by atoms with E-state index in [1.165, 1.54) is 0 Å². The molecule has 0 aliphatic rings. The lowest BCUT2D eigenvalue weighted by atomic mass is 10.0. The lowest BCUT2D eigenvalue weighted by molar-refractivity contribution is 1.10. The van der Waals surface area contributed by atoms with Crippen molar-refractivity contribution in [3.05, 3.63) is 109 Å². The van der Waals surface area contributed by atoms with Gasteiger partial charge in [0.15, 0.2) is 0 Å². The third kappa shape index (κ3) is 2.80. The van der Waals surface area contributed by atoms with E-state index in [-0.39, 0.29) is 0 Å². The quantitative estimate of drug-likeness (QED) is 0.350. The second kappa shape index (κ2) is 6.82. The summed E-state index contributed by atoms with van der Waals surface area (Å²) in [5, 5.41) is 0. The van der Waals surface area contributed by atoms with Gasteiger partial charge in [0.2, 0.25) is 0 Å². The summed E-state index contributed by atoms with van der Waals surface area (Å²) in [6.45, 7) is -2.13. The van der Waals surface area contributed by atoms with Crippen LogP contribution in [0.25, 0.3) is 39.2 Å². The van der Waals surface area contributed by atoms with Gasteiger partial charge in [0.25, 0.3) is 0 Å². The van der Waals surface area contributed by atoms with Crippen LogP contribution in [-0.4, -0.2) is 9.55 Å². The fraction of sp³-hybridized carbons (Fsp3) is 0.0385. The Morgan fingerprint density at radius 2 is 1.39 bits per heavy atom. The molecule has 2 heteroatoms. The molecule has 5 rings (SSSR count). The molecule has 0 saturated carbocycles. The van der Waals surface area contributed by atoms with Crippen molar-refractivity contribution in [1.82, 2.24) is 9.55 Å². The van der Waals surface area contributed by atoms with E-state index in [2.05, 4.69) is 34.9 Å². The van der Waals surface area contributed by atoms with Crippen LogP contribution in [-0.2, 0) is 0 Å². The maximum atomic E-state index is 7.65. The van der Waals surface area contributed by atoms with E-state index in [1.54, 1.807) is 12.1 Å². The summed E-state index contributed by atoms with van der Waals surface area (Å²) in [6.07, 6.45) is 0. The van der Waals surface area contributed by atoms with Crippen molar-refractivity contribution in [3.8, 4) is 28.2 Å². The number of nitrogens with zero attached hydrogens (tertiary/aromatic N) is 2. The normalized spacial score (nSPS) is 13.1. The molecule has 0 fully saturated rings. The Kier molecular flexibility index (Phi) is 3.29. The number of hydrogen-bond acceptors (Lipinski definition) is 1. The molecule has 2 nitrogen and oxygen atoms in total. The molecule has 0 aliphatic carbocycles. The zero-order valence-corrected chi connectivity index (χ0v) is 15.2. The first-order chi connectivity index (χ1) is 15.0. The Labute approximate surface area is 169 Å². The van der Waals surface area contributed by atoms with Crippen LogP contribution < -0.4 is 0 Å². The zero-order valence-electron chi connectivity index (χ0n) is 18.2. The largest absolute Gasteiger partial charge is 0.292 e. The fourth-order valence-corrected chi connectivity index (χ4v) is 3.61. The van der Waals surface area contributed by atoms with Gasteiger partial charge in [-0.15, -0.1) is 0 Å². The second-order valence-corrected chi connectivity index (χ2v) is 6.72. The smallest absolute Gasteiger partial charge is 0.145 e. The molecule has 0 atom stereocenters. The molecule has 134 valence electrons. The minimum absolute atomic E-state index is 0.323. The van der Waals surface area contributed by atoms with Gasteiger partial charge in [-0.1, -0.05) is 90.5 Å². The number of aromatic nitrogens is 2. The van der Waals surface area contributed by atoms with Gasteiger partial charge in [0, 0.05) is 15.2 Å². The predicted octanol–water partition coefficient (Wildman–Crippen LogP) is 6.67. The summed E-state index contributed by atoms with van der Waals surface area (Å²) in [7, 11) is 0. The van der Waals surface area contributed by atoms with Gasteiger partial charge in [0.1, 0.15) is 5.82 Å². The summed E-state index contributed by atoms with van der Waals surface area (Å²) in [4.78, 5) is 4.91. The third-order valence-electron chi connectivity index (χ3n) is 4.93. The lowest BCUT2D eigenvalue weighted by Gasteiger charge is -2.15. The second-order valence-electron chi connectivity index (χ2n) is 6.72. The Morgan fingerprint density at radius 3 is 2.21 bits per heavy atom. The summed E-state index contributed by atoms with van der Waals surface area (Å²) in [5.41, 5.74) is 6.33. The molecule has 0 unspecified atom stereocenters. The van der Waals surface area contributed by atoms with Crippen molar-refractivity contribution in [1.29, 1.82) is 0 Å². The van der Waals surface area contributed by atoms with Crippen LogP contribution in [0.5, 0.6) is 0 Å². The fourth-order valence-electron chi connectivity index (χ4n) is 3.61. The molecule has 0 N–H and O–H groups in total. The van der Waals surface area contributed by atoms with Gasteiger partial charge in [-0.2, -0.15) is 0 Å². The van der Waals surface area contributed by atoms with Crippen LogP contribution in [0, 0.1) is 6.85 Å². The summed E-state index contributed by atoms with van der Waals surface area (Å²) in [5.74, 6) is 0.779. The van der Waals surface area contributed by atoms with E-state index in [4.69, 9.17) is 9.10 Å². The molecule has 1 heterocycles. The van der Waals surface area contributed by atoms with Crippen LogP contribution in [0.3, 0.4) is 0 Å². The zero-order chi connectivity index (χ0) is 21.4. The number of imidazole rings is 1. The minimum Gasteiger partial charge on any atom is -0.292 e. The van der Waals surface area contributed by atoms with E-state index in [0.717, 1.165) is 39.2 Å². The van der Waals surface area contributed by atoms with Crippen molar-refractivity contribution < 1.29 is 4.11 Å². The topological polar surface area (TPSA) is 17.8 Å². The molecular weight excluding hydrogens is 340 g/mol. The van der Waals surface area contributed by atoms with Crippen LogP contribution in [0.1, 0.15) is 9.68 Å². The number of benzene rings is 4. The first-order valence-electron chi connectivity index (χ1n) is 10.8. The van der Waals surface area contributed by atoms with Crippen molar-refractivity contribution in [2.75, 3.05) is 0 Å². The Hall–Kier alpha value is -3.65. The molecule has 4 aromatic carbocycles. The molecular formula is C26H20N2. The van der Waals surface area contributed by atoms with E-state index < -0.39 is 6.85 Å². The van der Waals surface area contributed by atoms with Crippen LogP contribution in [0.2, 0.25) is 0 Å². The van der Waals surface area contributed by atoms with E-state index in [9.17, 15) is 0 Å². The highest BCUT2D eigenvalue weighted by Gasteiger charge is 2.16. The number of para-hydroxylation sites is 3. The molecule has 0 saturated heterocycles. The van der Waals surface area contributed by atoms with Crippen molar-refractivity contribution in [2.45, 2.75) is 6.85 Å². The van der Waals surface area contributed by atoms with Crippen molar-refractivity contribution in [3.63, 3.8) is 0 Å². The molecule has 0 bridgehead atoms. The standard InChI is InChI=1S/C26H20N2/c1-19-15-17-21(18-16-19)26-27-23-12-6-8-14-25(23)28(26)24-13-7-5-11-22(24)20-9-3-2-4-10-20/h2-18H,1H3/i1D3. The van der Waals surface area contributed by atoms with Crippen LogP contribution in [0.15, 0.2) is 103 Å². The number of hydrogen-bond donors (Lipinski definition) is 0. The maximum Gasteiger partial charge on any atom is 0.145 e. The van der Waals surface area contributed by atoms with Gasteiger partial charge >= 0.3 is 0 Å². The van der Waals surface area contributed by atoms with E-state index >= 15 is 0 Å². The Morgan fingerprint density at radius 1 is 0.679 bits per heavy atom. The predicted molar refractivity (Wildman–Crippen MR) is 117 cm³/mol. The van der Waals surface area contributed by atoms with Gasteiger partial charge in [-0.05, 0) is 30.6 Å². The monoisotopic (exact) mass is 363 g/mol. The average Bonchev–Trinajstić information content (AvgIpc) is 3.19. The van der Waals surface area contributed by atoms with Gasteiger partial charge in [0.05, 0.1) is 16.7 Å². The van der Waals surface area contributed by atoms with Gasteiger partial charge in [-0.25, -0.2) is 4.98 Å². The van der Waals surface area contributed by atoms with Gasteiger partial charge in [-0.3, -0.25) is 4.57 Å². The Bertz CT molecular complexity index is 1350. The highest BCUT2D eigenvalue weighted by molar-refractivity contribution is 5.86. The highest BCUT2D eigenvalue weighted by Crippen LogP contribution is 2.34. The molecule has 0 aliphatic heterocycles. The van der Waals surface area contributed by atoms with Crippen LogP contribution in [0.4, 0.5) is 0 Å². The number of aryl methyl sites for hydroxylation is 1. The van der Waals surface area contributed by atoms with E-state index in [0.29, 0.717) is 5.56 Å². The molecule has 1 aromatic heterocycles. The average molecular weight is 363 g/mol. The van der Waals surface area contributed by atoms with Crippen molar-refractivity contribution in [2.24, 2.45) is 0 Å². The molecule has 0 spiro atoms. The Balaban J connectivity index is 1.76. The number of rotatable bonds is 3. The molecule has 0 radical (unpaired) electrons.